The maximum Gasteiger partial charge on any atom is 0.303 e. The minimum atomic E-state index is -0.717. The second-order valence-electron chi connectivity index (χ2n) is 3.66. The fraction of sp³-hybridized carbons (Fsp3) is 0.889. The first-order chi connectivity index (χ1) is 5.48. The predicted molar refractivity (Wildman–Crippen MR) is 49.2 cm³/mol. The smallest absolute Gasteiger partial charge is 0.303 e. The van der Waals surface area contributed by atoms with Crippen molar-refractivity contribution < 1.29 is 9.90 Å². The van der Waals surface area contributed by atoms with Gasteiger partial charge in [0.15, 0.2) is 0 Å². The summed E-state index contributed by atoms with van der Waals surface area (Å²) >= 11 is 0. The van der Waals surface area contributed by atoms with Crippen LogP contribution in [0.15, 0.2) is 0 Å². The van der Waals surface area contributed by atoms with Crippen LogP contribution >= 0.6 is 0 Å². The summed E-state index contributed by atoms with van der Waals surface area (Å²) in [5.74, 6) is -0.717. The summed E-state index contributed by atoms with van der Waals surface area (Å²) in [6.07, 6.45) is 2.02. The predicted octanol–water partition coefficient (Wildman–Crippen LogP) is 1.63. The van der Waals surface area contributed by atoms with E-state index in [-0.39, 0.29) is 12.0 Å². The lowest BCUT2D eigenvalue weighted by Crippen LogP contribution is -2.39. The summed E-state index contributed by atoms with van der Waals surface area (Å²) in [5.41, 5.74) is 0.137. The van der Waals surface area contributed by atoms with Crippen LogP contribution in [0, 0.1) is 0 Å². The lowest BCUT2D eigenvalue weighted by Gasteiger charge is -2.24. The van der Waals surface area contributed by atoms with Gasteiger partial charge in [0.05, 0.1) is 0 Å². The fourth-order valence-electron chi connectivity index (χ4n) is 0.791. The molecule has 0 aromatic carbocycles. The highest BCUT2D eigenvalue weighted by Gasteiger charge is 2.12. The molecular weight excluding hydrogens is 154 g/mol. The van der Waals surface area contributed by atoms with Gasteiger partial charge in [-0.3, -0.25) is 4.79 Å². The zero-order valence-corrected chi connectivity index (χ0v) is 8.18. The minimum absolute atomic E-state index is 0.137. The summed E-state index contributed by atoms with van der Waals surface area (Å²) in [6, 6.07) is 0. The molecule has 0 fully saturated rings. The van der Waals surface area contributed by atoms with E-state index in [9.17, 15) is 4.79 Å². The van der Waals surface area contributed by atoms with E-state index in [1.807, 2.05) is 0 Å². The van der Waals surface area contributed by atoms with Crippen LogP contribution in [0.3, 0.4) is 0 Å². The van der Waals surface area contributed by atoms with Crippen molar-refractivity contribution in [2.24, 2.45) is 0 Å². The average Bonchev–Trinajstić information content (AvgIpc) is 1.98. The van der Waals surface area contributed by atoms with Gasteiger partial charge in [-0.15, -0.1) is 0 Å². The molecule has 0 atom stereocenters. The lowest BCUT2D eigenvalue weighted by molar-refractivity contribution is -0.137. The number of carbonyl (C=O) groups is 1. The lowest BCUT2D eigenvalue weighted by atomic mass is 10.0. The highest BCUT2D eigenvalue weighted by atomic mass is 16.4. The zero-order valence-electron chi connectivity index (χ0n) is 8.18. The van der Waals surface area contributed by atoms with Crippen LogP contribution in [0.5, 0.6) is 0 Å². The van der Waals surface area contributed by atoms with Gasteiger partial charge >= 0.3 is 5.97 Å². The molecule has 3 nitrogen and oxygen atoms in total. The van der Waals surface area contributed by atoms with Gasteiger partial charge in [0.25, 0.3) is 0 Å². The molecule has 3 heteroatoms. The van der Waals surface area contributed by atoms with Gasteiger partial charge in [-0.1, -0.05) is 6.92 Å². The molecule has 0 heterocycles. The number of carboxylic acids is 1. The highest BCUT2D eigenvalue weighted by Crippen LogP contribution is 2.06. The minimum Gasteiger partial charge on any atom is -0.481 e. The van der Waals surface area contributed by atoms with Crippen LogP contribution in [-0.4, -0.2) is 23.2 Å². The maximum absolute atomic E-state index is 10.2. The van der Waals surface area contributed by atoms with E-state index in [4.69, 9.17) is 5.11 Å². The Morgan fingerprint density at radius 1 is 1.50 bits per heavy atom. The molecule has 0 aliphatic heterocycles. The Hall–Kier alpha value is -0.570. The van der Waals surface area contributed by atoms with Crippen LogP contribution in [0.25, 0.3) is 0 Å². The summed E-state index contributed by atoms with van der Waals surface area (Å²) in [5, 5.41) is 11.7. The third-order valence-electron chi connectivity index (χ3n) is 2.05. The van der Waals surface area contributed by atoms with Gasteiger partial charge in [-0.25, -0.2) is 0 Å². The number of aliphatic carboxylic acids is 1. The molecule has 2 N–H and O–H groups in total. The highest BCUT2D eigenvalue weighted by molar-refractivity contribution is 5.66. The first-order valence-electron chi connectivity index (χ1n) is 4.45. The molecule has 0 rings (SSSR count). The number of rotatable bonds is 6. The molecule has 0 unspecified atom stereocenters. The van der Waals surface area contributed by atoms with Crippen molar-refractivity contribution in [1.29, 1.82) is 0 Å². The number of nitrogens with one attached hydrogen (secondary N) is 1. The third-order valence-corrected chi connectivity index (χ3v) is 2.05. The second kappa shape index (κ2) is 5.14. The summed E-state index contributed by atoms with van der Waals surface area (Å²) in [7, 11) is 0. The quantitative estimate of drug-likeness (QED) is 0.600. The molecule has 0 amide bonds. The van der Waals surface area contributed by atoms with Crippen LogP contribution < -0.4 is 5.32 Å². The monoisotopic (exact) mass is 173 g/mol. The Kier molecular flexibility index (Phi) is 4.90. The Labute approximate surface area is 74.2 Å². The van der Waals surface area contributed by atoms with Crippen molar-refractivity contribution in [3.63, 3.8) is 0 Å². The number of hydrogen-bond donors (Lipinski definition) is 2. The van der Waals surface area contributed by atoms with Crippen molar-refractivity contribution in [2.75, 3.05) is 6.54 Å². The summed E-state index contributed by atoms with van der Waals surface area (Å²) in [6.45, 7) is 7.14. The van der Waals surface area contributed by atoms with Crippen LogP contribution in [0.4, 0.5) is 0 Å². The molecule has 0 spiro atoms. The van der Waals surface area contributed by atoms with E-state index >= 15 is 0 Å². The van der Waals surface area contributed by atoms with Crippen molar-refractivity contribution in [2.45, 2.75) is 45.6 Å². The van der Waals surface area contributed by atoms with E-state index in [2.05, 4.69) is 26.1 Å². The standard InChI is InChI=1S/C9H19NO2/c1-4-9(2,3)10-7-5-6-8(11)12/h10H,4-7H2,1-3H3,(H,11,12). The van der Waals surface area contributed by atoms with Gasteiger partial charge in [-0.2, -0.15) is 0 Å². The van der Waals surface area contributed by atoms with E-state index in [1.54, 1.807) is 0 Å². The second-order valence-corrected chi connectivity index (χ2v) is 3.66. The topological polar surface area (TPSA) is 49.3 Å². The van der Waals surface area contributed by atoms with Crippen LogP contribution in [0.2, 0.25) is 0 Å². The van der Waals surface area contributed by atoms with Gasteiger partial charge in [0.2, 0.25) is 0 Å². The maximum atomic E-state index is 10.2. The summed E-state index contributed by atoms with van der Waals surface area (Å²) < 4.78 is 0. The van der Waals surface area contributed by atoms with Gasteiger partial charge in [0.1, 0.15) is 0 Å². The van der Waals surface area contributed by atoms with E-state index in [1.165, 1.54) is 0 Å². The molecule has 0 saturated carbocycles. The molecule has 12 heavy (non-hydrogen) atoms. The largest absolute Gasteiger partial charge is 0.481 e. The first kappa shape index (κ1) is 11.4. The van der Waals surface area contributed by atoms with Gasteiger partial charge in [0, 0.05) is 12.0 Å². The zero-order chi connectivity index (χ0) is 9.61. The van der Waals surface area contributed by atoms with Gasteiger partial charge in [-0.05, 0) is 33.2 Å². The SMILES string of the molecule is CCC(C)(C)NCCCC(=O)O. The molecule has 0 aliphatic rings. The average molecular weight is 173 g/mol. The Balaban J connectivity index is 3.37. The van der Waals surface area contributed by atoms with Crippen molar-refractivity contribution in [3.05, 3.63) is 0 Å². The Morgan fingerprint density at radius 2 is 2.08 bits per heavy atom. The first-order valence-corrected chi connectivity index (χ1v) is 4.45. The number of hydrogen-bond acceptors (Lipinski definition) is 2. The third kappa shape index (κ3) is 6.16. The van der Waals surface area contributed by atoms with E-state index < -0.39 is 5.97 Å². The van der Waals surface area contributed by atoms with Crippen molar-refractivity contribution >= 4 is 5.97 Å². The molecule has 0 bridgehead atoms. The van der Waals surface area contributed by atoms with Crippen LogP contribution in [0.1, 0.15) is 40.0 Å². The Morgan fingerprint density at radius 3 is 2.50 bits per heavy atom. The van der Waals surface area contributed by atoms with Crippen molar-refractivity contribution in [3.8, 4) is 0 Å². The normalized spacial score (nSPS) is 11.6. The van der Waals surface area contributed by atoms with E-state index in [0.717, 1.165) is 13.0 Å². The molecular formula is C9H19NO2. The molecule has 0 aliphatic carbocycles. The molecule has 0 saturated heterocycles. The fourth-order valence-corrected chi connectivity index (χ4v) is 0.791. The van der Waals surface area contributed by atoms with Crippen molar-refractivity contribution in [1.82, 2.24) is 5.32 Å². The Bertz CT molecular complexity index is 143. The number of carboxylic acid groups (broad SMARTS) is 1. The molecule has 0 aromatic rings. The van der Waals surface area contributed by atoms with Crippen LogP contribution in [-0.2, 0) is 4.79 Å². The van der Waals surface area contributed by atoms with Gasteiger partial charge < -0.3 is 10.4 Å². The molecule has 0 aromatic heterocycles. The summed E-state index contributed by atoms with van der Waals surface area (Å²) in [4.78, 5) is 10.2. The molecule has 0 radical (unpaired) electrons. The van der Waals surface area contributed by atoms with E-state index in [0.29, 0.717) is 6.42 Å². The molecule has 72 valence electrons.